The summed E-state index contributed by atoms with van der Waals surface area (Å²) < 4.78 is 47.8. The second-order valence-electron chi connectivity index (χ2n) is 12.2. The number of fused-ring (bicyclic) bond motifs is 1. The quantitative estimate of drug-likeness (QED) is 0.354. The van der Waals surface area contributed by atoms with Crippen LogP contribution in [0.1, 0.15) is 80.4 Å². The number of aromatic nitrogens is 2. The molecule has 0 radical (unpaired) electrons. The number of rotatable bonds is 5. The summed E-state index contributed by atoms with van der Waals surface area (Å²) in [4.78, 5) is 35.3. The third-order valence-electron chi connectivity index (χ3n) is 7.73. The van der Waals surface area contributed by atoms with E-state index < -0.39 is 29.3 Å². The van der Waals surface area contributed by atoms with Crippen LogP contribution < -0.4 is 5.32 Å². The van der Waals surface area contributed by atoms with Gasteiger partial charge in [-0.3, -0.25) is 15.0 Å². The van der Waals surface area contributed by atoms with Crippen LogP contribution in [0.4, 0.5) is 23.9 Å². The van der Waals surface area contributed by atoms with Crippen LogP contribution in [0.25, 0.3) is 11.0 Å². The van der Waals surface area contributed by atoms with E-state index in [0.29, 0.717) is 25.2 Å². The maximum atomic E-state index is 13.4. The molecule has 0 saturated carbocycles. The summed E-state index contributed by atoms with van der Waals surface area (Å²) in [6, 6.07) is 9.99. The summed E-state index contributed by atoms with van der Waals surface area (Å²) in [6.07, 6.45) is -0.310. The van der Waals surface area contributed by atoms with Gasteiger partial charge in [0.2, 0.25) is 5.95 Å². The van der Waals surface area contributed by atoms with Gasteiger partial charge in [0.05, 0.1) is 22.6 Å². The van der Waals surface area contributed by atoms with Crippen molar-refractivity contribution >= 4 is 29.0 Å². The summed E-state index contributed by atoms with van der Waals surface area (Å²) in [5, 5.41) is 2.81. The molecule has 2 saturated heterocycles. The van der Waals surface area contributed by atoms with Gasteiger partial charge in [0.15, 0.2) is 0 Å². The number of benzene rings is 2. The van der Waals surface area contributed by atoms with Crippen LogP contribution in [-0.2, 0) is 17.5 Å². The van der Waals surface area contributed by atoms with Gasteiger partial charge in [0, 0.05) is 25.2 Å². The molecule has 1 N–H and O–H groups in total. The molecule has 0 spiro atoms. The third-order valence-corrected chi connectivity index (χ3v) is 7.73. The molecule has 5 rings (SSSR count). The van der Waals surface area contributed by atoms with Crippen molar-refractivity contribution in [1.29, 1.82) is 0 Å². The van der Waals surface area contributed by atoms with Crippen molar-refractivity contribution in [3.05, 3.63) is 59.2 Å². The summed E-state index contributed by atoms with van der Waals surface area (Å²) >= 11 is 0. The average molecular weight is 586 g/mol. The topological polar surface area (TPSA) is 79.7 Å². The molecule has 2 aliphatic heterocycles. The fourth-order valence-corrected chi connectivity index (χ4v) is 5.81. The highest BCUT2D eigenvalue weighted by Crippen LogP contribution is 2.34. The number of amides is 2. The number of hydrogen-bond donors (Lipinski definition) is 1. The molecule has 2 aliphatic rings. The molecule has 3 heterocycles. The van der Waals surface area contributed by atoms with Crippen molar-refractivity contribution in [3.63, 3.8) is 0 Å². The van der Waals surface area contributed by atoms with E-state index in [9.17, 15) is 22.8 Å². The fourth-order valence-electron chi connectivity index (χ4n) is 5.81. The molecule has 11 heteroatoms. The highest BCUT2D eigenvalue weighted by molar-refractivity contribution is 6.04. The molecule has 42 heavy (non-hydrogen) atoms. The van der Waals surface area contributed by atoms with Crippen LogP contribution in [-0.4, -0.2) is 63.1 Å². The van der Waals surface area contributed by atoms with E-state index in [-0.39, 0.29) is 17.6 Å². The van der Waals surface area contributed by atoms with E-state index in [4.69, 9.17) is 9.72 Å². The lowest BCUT2D eigenvalue weighted by atomic mass is 10.1. The second kappa shape index (κ2) is 11.9. The third kappa shape index (κ3) is 6.88. The number of hydrogen-bond acceptors (Lipinski definition) is 5. The van der Waals surface area contributed by atoms with Gasteiger partial charge >= 0.3 is 12.3 Å². The van der Waals surface area contributed by atoms with Gasteiger partial charge in [-0.1, -0.05) is 18.2 Å². The number of carbonyl (C=O) groups excluding carboxylic acids is 2. The molecule has 0 unspecified atom stereocenters. The number of ether oxygens (including phenoxy) is 1. The number of imidazole rings is 1. The van der Waals surface area contributed by atoms with Crippen LogP contribution >= 0.6 is 0 Å². The number of likely N-dealkylation sites (tertiary alicyclic amines) is 2. The summed E-state index contributed by atoms with van der Waals surface area (Å²) in [7, 11) is 0. The Kier molecular flexibility index (Phi) is 8.50. The molecular weight excluding hydrogens is 547 g/mol. The standard InChI is InChI=1S/C31H38F3N5O3/c1-30(2,3)42-29(41)38-17-5-4-13-24(20-38)39-26-22(19-37-15-6-7-16-37)11-9-14-25(26)35-28(39)36-27(40)21-10-8-12-23(18-21)31(32,33)34/h8-12,14,18,24H,4-7,13,15-17,19-20H2,1-3H3,(H,35,36,40)/t24-/m0/s1. The lowest BCUT2D eigenvalue weighted by molar-refractivity contribution is -0.137. The van der Waals surface area contributed by atoms with Crippen molar-refractivity contribution in [2.24, 2.45) is 0 Å². The van der Waals surface area contributed by atoms with Gasteiger partial charge in [-0.2, -0.15) is 13.2 Å². The van der Waals surface area contributed by atoms with Gasteiger partial charge in [-0.25, -0.2) is 9.78 Å². The van der Waals surface area contributed by atoms with Crippen LogP contribution in [0.15, 0.2) is 42.5 Å². The Hall–Kier alpha value is -3.60. The minimum Gasteiger partial charge on any atom is -0.444 e. The maximum absolute atomic E-state index is 13.4. The van der Waals surface area contributed by atoms with E-state index in [2.05, 4.69) is 16.3 Å². The number of anilines is 1. The minimum absolute atomic E-state index is 0.114. The fraction of sp³-hybridized carbons (Fsp3) is 0.516. The van der Waals surface area contributed by atoms with Crippen LogP contribution in [0.2, 0.25) is 0 Å². The first-order valence-electron chi connectivity index (χ1n) is 14.6. The van der Waals surface area contributed by atoms with Gasteiger partial charge in [-0.15, -0.1) is 0 Å². The molecule has 1 atom stereocenters. The SMILES string of the molecule is CC(C)(C)OC(=O)N1CCCC[C@H](n2c(NC(=O)c3cccc(C(F)(F)F)c3)nc3cccc(CN4CCCC4)c32)C1. The largest absolute Gasteiger partial charge is 0.444 e. The lowest BCUT2D eigenvalue weighted by Gasteiger charge is -2.30. The molecule has 1 aromatic heterocycles. The minimum atomic E-state index is -4.57. The van der Waals surface area contributed by atoms with Crippen molar-refractivity contribution < 1.29 is 27.5 Å². The normalized spacial score (nSPS) is 18.7. The van der Waals surface area contributed by atoms with Crippen LogP contribution in [0, 0.1) is 0 Å². The van der Waals surface area contributed by atoms with E-state index in [0.717, 1.165) is 68.4 Å². The lowest BCUT2D eigenvalue weighted by Crippen LogP contribution is -2.39. The summed E-state index contributed by atoms with van der Waals surface area (Å²) in [6.45, 7) is 9.10. The Labute approximate surface area is 243 Å². The molecule has 8 nitrogen and oxygen atoms in total. The predicted molar refractivity (Wildman–Crippen MR) is 154 cm³/mol. The molecule has 0 bridgehead atoms. The monoisotopic (exact) mass is 585 g/mol. The Bertz CT molecular complexity index is 1440. The number of alkyl halides is 3. The average Bonchev–Trinajstić information content (AvgIpc) is 3.48. The first-order valence-corrected chi connectivity index (χ1v) is 14.6. The smallest absolute Gasteiger partial charge is 0.416 e. The Morgan fingerprint density at radius 2 is 1.71 bits per heavy atom. The number of para-hydroxylation sites is 1. The van der Waals surface area contributed by atoms with Crippen molar-refractivity contribution in [2.45, 2.75) is 77.2 Å². The second-order valence-corrected chi connectivity index (χ2v) is 12.2. The molecule has 2 aromatic carbocycles. The maximum Gasteiger partial charge on any atom is 0.416 e. The zero-order valence-corrected chi connectivity index (χ0v) is 24.3. The van der Waals surface area contributed by atoms with Crippen molar-refractivity contribution in [2.75, 3.05) is 31.5 Å². The van der Waals surface area contributed by atoms with Crippen LogP contribution in [0.3, 0.4) is 0 Å². The zero-order chi connectivity index (χ0) is 30.1. The highest BCUT2D eigenvalue weighted by Gasteiger charge is 2.32. The number of halogens is 3. The number of carbonyl (C=O) groups is 2. The first-order chi connectivity index (χ1) is 19.9. The van der Waals surface area contributed by atoms with E-state index in [1.807, 2.05) is 37.5 Å². The summed E-state index contributed by atoms with van der Waals surface area (Å²) in [5.41, 5.74) is 0.937. The molecule has 2 amide bonds. The molecule has 3 aromatic rings. The van der Waals surface area contributed by atoms with Crippen molar-refractivity contribution in [3.8, 4) is 0 Å². The van der Waals surface area contributed by atoms with Crippen LogP contribution in [0.5, 0.6) is 0 Å². The predicted octanol–water partition coefficient (Wildman–Crippen LogP) is 6.87. The van der Waals surface area contributed by atoms with E-state index in [1.165, 1.54) is 12.1 Å². The van der Waals surface area contributed by atoms with E-state index >= 15 is 0 Å². The van der Waals surface area contributed by atoms with E-state index in [1.54, 1.807) is 4.90 Å². The zero-order valence-electron chi connectivity index (χ0n) is 24.3. The van der Waals surface area contributed by atoms with Gasteiger partial charge in [-0.05, 0) is 95.8 Å². The van der Waals surface area contributed by atoms with Crippen molar-refractivity contribution in [1.82, 2.24) is 19.4 Å². The van der Waals surface area contributed by atoms with Gasteiger partial charge < -0.3 is 14.2 Å². The first kappa shape index (κ1) is 29.9. The molecule has 2 fully saturated rings. The molecular formula is C31H38F3N5O3. The molecule has 0 aliphatic carbocycles. The molecule has 226 valence electrons. The summed E-state index contributed by atoms with van der Waals surface area (Å²) in [5.74, 6) is -0.436. The Morgan fingerprint density at radius 1 is 1.00 bits per heavy atom. The van der Waals surface area contributed by atoms with Gasteiger partial charge in [0.1, 0.15) is 5.60 Å². The highest BCUT2D eigenvalue weighted by atomic mass is 19.4. The Balaban J connectivity index is 1.55. The van der Waals surface area contributed by atoms with Gasteiger partial charge in [0.25, 0.3) is 5.91 Å². The Morgan fingerprint density at radius 3 is 2.43 bits per heavy atom. The number of nitrogens with zero attached hydrogens (tertiary/aromatic N) is 4. The number of nitrogens with one attached hydrogen (secondary N) is 1.